The highest BCUT2D eigenvalue weighted by Crippen LogP contribution is 2.23. The van der Waals surface area contributed by atoms with Crippen molar-refractivity contribution in [3.63, 3.8) is 0 Å². The molecule has 0 aliphatic carbocycles. The molecule has 5 heteroatoms. The standard InChI is InChI=1S/C24H28N2O3/c1-17(2)21(25-23(28)20-11-7-4-8-12-20)24(29)26-15-13-19(14-16-26)22(27)18-9-5-3-6-10-18/h3-12,17,19,21H,13-16H2,1-2H3,(H,25,28)/t21-/m0/s1. The van der Waals surface area contributed by atoms with Crippen molar-refractivity contribution in [2.75, 3.05) is 13.1 Å². The third-order valence-corrected chi connectivity index (χ3v) is 5.49. The molecule has 1 heterocycles. The highest BCUT2D eigenvalue weighted by atomic mass is 16.2. The number of rotatable bonds is 6. The van der Waals surface area contributed by atoms with Crippen molar-refractivity contribution in [2.45, 2.75) is 32.7 Å². The van der Waals surface area contributed by atoms with E-state index >= 15 is 0 Å². The number of Topliss-reactive ketones (excluding diaryl/α,β-unsaturated/α-hetero) is 1. The number of benzene rings is 2. The Morgan fingerprint density at radius 2 is 1.38 bits per heavy atom. The first kappa shape index (κ1) is 20.8. The van der Waals surface area contributed by atoms with Gasteiger partial charge in [-0.05, 0) is 30.9 Å². The van der Waals surface area contributed by atoms with Crippen LogP contribution >= 0.6 is 0 Å². The first-order chi connectivity index (χ1) is 14.0. The zero-order valence-corrected chi connectivity index (χ0v) is 17.0. The molecule has 2 amide bonds. The SMILES string of the molecule is CC(C)[C@H](NC(=O)c1ccccc1)C(=O)N1CCC(C(=O)c2ccccc2)CC1. The number of nitrogens with one attached hydrogen (secondary N) is 1. The van der Waals surface area contributed by atoms with E-state index in [2.05, 4.69) is 5.32 Å². The van der Waals surface area contributed by atoms with Crippen LogP contribution in [0.3, 0.4) is 0 Å². The number of amides is 2. The molecule has 2 aromatic carbocycles. The summed E-state index contributed by atoms with van der Waals surface area (Å²) in [5.41, 5.74) is 1.27. The van der Waals surface area contributed by atoms with Crippen LogP contribution in [0.25, 0.3) is 0 Å². The minimum Gasteiger partial charge on any atom is -0.341 e. The van der Waals surface area contributed by atoms with E-state index in [1.54, 1.807) is 29.2 Å². The third-order valence-electron chi connectivity index (χ3n) is 5.49. The topological polar surface area (TPSA) is 66.5 Å². The van der Waals surface area contributed by atoms with E-state index in [9.17, 15) is 14.4 Å². The lowest BCUT2D eigenvalue weighted by atomic mass is 9.88. The van der Waals surface area contributed by atoms with Crippen LogP contribution in [0.1, 0.15) is 47.4 Å². The molecule has 1 aliphatic heterocycles. The van der Waals surface area contributed by atoms with E-state index in [4.69, 9.17) is 0 Å². The van der Waals surface area contributed by atoms with Crippen LogP contribution in [0, 0.1) is 11.8 Å². The highest BCUT2D eigenvalue weighted by Gasteiger charge is 2.33. The van der Waals surface area contributed by atoms with Crippen LogP contribution < -0.4 is 5.32 Å². The normalized spacial score (nSPS) is 15.8. The second kappa shape index (κ2) is 9.50. The number of hydrogen-bond acceptors (Lipinski definition) is 3. The number of ketones is 1. The molecule has 5 nitrogen and oxygen atoms in total. The second-order valence-electron chi connectivity index (χ2n) is 7.89. The van der Waals surface area contributed by atoms with Gasteiger partial charge in [-0.2, -0.15) is 0 Å². The smallest absolute Gasteiger partial charge is 0.251 e. The number of carbonyl (C=O) groups is 3. The van der Waals surface area contributed by atoms with Gasteiger partial charge >= 0.3 is 0 Å². The Kier molecular flexibility index (Phi) is 6.81. The van der Waals surface area contributed by atoms with Crippen molar-refractivity contribution in [3.05, 3.63) is 71.8 Å². The summed E-state index contributed by atoms with van der Waals surface area (Å²) in [7, 11) is 0. The minimum atomic E-state index is -0.580. The van der Waals surface area contributed by atoms with E-state index in [1.165, 1.54) is 0 Å². The maximum Gasteiger partial charge on any atom is 0.251 e. The van der Waals surface area contributed by atoms with Gasteiger partial charge in [-0.15, -0.1) is 0 Å². The fourth-order valence-corrected chi connectivity index (χ4v) is 3.72. The van der Waals surface area contributed by atoms with Gasteiger partial charge in [-0.25, -0.2) is 0 Å². The largest absolute Gasteiger partial charge is 0.341 e. The fourth-order valence-electron chi connectivity index (χ4n) is 3.72. The molecular weight excluding hydrogens is 364 g/mol. The van der Waals surface area contributed by atoms with E-state index in [1.807, 2.05) is 50.2 Å². The molecule has 0 radical (unpaired) electrons. The molecule has 3 rings (SSSR count). The van der Waals surface area contributed by atoms with Gasteiger partial charge in [-0.1, -0.05) is 62.4 Å². The molecule has 1 fully saturated rings. The number of nitrogens with zero attached hydrogens (tertiary/aromatic N) is 1. The lowest BCUT2D eigenvalue weighted by Crippen LogP contribution is -2.53. The number of carbonyl (C=O) groups excluding carboxylic acids is 3. The van der Waals surface area contributed by atoms with Crippen LogP contribution in [0.4, 0.5) is 0 Å². The summed E-state index contributed by atoms with van der Waals surface area (Å²) >= 11 is 0. The van der Waals surface area contributed by atoms with Gasteiger partial charge in [0.15, 0.2) is 5.78 Å². The van der Waals surface area contributed by atoms with Crippen molar-refractivity contribution < 1.29 is 14.4 Å². The van der Waals surface area contributed by atoms with Crippen molar-refractivity contribution in [1.29, 1.82) is 0 Å². The molecule has 0 saturated carbocycles. The molecule has 1 N–H and O–H groups in total. The molecule has 0 aromatic heterocycles. The van der Waals surface area contributed by atoms with Crippen molar-refractivity contribution in [2.24, 2.45) is 11.8 Å². The van der Waals surface area contributed by atoms with Crippen molar-refractivity contribution in [1.82, 2.24) is 10.2 Å². The van der Waals surface area contributed by atoms with Crippen LogP contribution in [0.5, 0.6) is 0 Å². The van der Waals surface area contributed by atoms with E-state index in [-0.39, 0.29) is 29.4 Å². The minimum absolute atomic E-state index is 0.0289. The molecule has 2 aromatic rings. The monoisotopic (exact) mass is 392 g/mol. The molecule has 1 aliphatic rings. The molecule has 1 atom stereocenters. The molecule has 1 saturated heterocycles. The van der Waals surface area contributed by atoms with Gasteiger partial charge in [0.2, 0.25) is 5.91 Å². The third kappa shape index (κ3) is 5.11. The predicted octanol–water partition coefficient (Wildman–Crippen LogP) is 3.56. The summed E-state index contributed by atoms with van der Waals surface area (Å²) in [5, 5.41) is 2.89. The van der Waals surface area contributed by atoms with Gasteiger partial charge < -0.3 is 10.2 Å². The van der Waals surface area contributed by atoms with Gasteiger partial charge in [0.05, 0.1) is 0 Å². The predicted molar refractivity (Wildman–Crippen MR) is 113 cm³/mol. The molecule has 29 heavy (non-hydrogen) atoms. The lowest BCUT2D eigenvalue weighted by molar-refractivity contribution is -0.135. The quantitative estimate of drug-likeness (QED) is 0.765. The molecule has 0 unspecified atom stereocenters. The Morgan fingerprint density at radius 1 is 0.862 bits per heavy atom. The Balaban J connectivity index is 1.60. The van der Waals surface area contributed by atoms with Gasteiger partial charge in [0, 0.05) is 30.1 Å². The molecule has 152 valence electrons. The average molecular weight is 392 g/mol. The van der Waals surface area contributed by atoms with Gasteiger partial charge in [0.25, 0.3) is 5.91 Å². The maximum absolute atomic E-state index is 13.1. The van der Waals surface area contributed by atoms with E-state index in [0.29, 0.717) is 31.5 Å². The summed E-state index contributed by atoms with van der Waals surface area (Å²) in [6.45, 7) is 4.93. The summed E-state index contributed by atoms with van der Waals surface area (Å²) in [4.78, 5) is 40.0. The van der Waals surface area contributed by atoms with Crippen LogP contribution in [0.15, 0.2) is 60.7 Å². The fraction of sp³-hybridized carbons (Fsp3) is 0.375. The van der Waals surface area contributed by atoms with Crippen LogP contribution in [-0.4, -0.2) is 41.6 Å². The van der Waals surface area contributed by atoms with Crippen LogP contribution in [-0.2, 0) is 4.79 Å². The Labute approximate surface area is 172 Å². The number of likely N-dealkylation sites (tertiary alicyclic amines) is 1. The maximum atomic E-state index is 13.1. The van der Waals surface area contributed by atoms with Crippen LogP contribution in [0.2, 0.25) is 0 Å². The van der Waals surface area contributed by atoms with Gasteiger partial charge in [-0.3, -0.25) is 14.4 Å². The molecule has 0 spiro atoms. The molecule has 0 bridgehead atoms. The zero-order chi connectivity index (χ0) is 20.8. The second-order valence-corrected chi connectivity index (χ2v) is 7.89. The zero-order valence-electron chi connectivity index (χ0n) is 17.0. The van der Waals surface area contributed by atoms with E-state index < -0.39 is 6.04 Å². The first-order valence-electron chi connectivity index (χ1n) is 10.2. The van der Waals surface area contributed by atoms with Crippen molar-refractivity contribution >= 4 is 17.6 Å². The number of piperidine rings is 1. The lowest BCUT2D eigenvalue weighted by Gasteiger charge is -2.35. The Bertz CT molecular complexity index is 841. The Hall–Kier alpha value is -2.95. The highest BCUT2D eigenvalue weighted by molar-refractivity contribution is 5.99. The van der Waals surface area contributed by atoms with Gasteiger partial charge in [0.1, 0.15) is 6.04 Å². The molecular formula is C24H28N2O3. The summed E-state index contributed by atoms with van der Waals surface area (Å²) in [6, 6.07) is 17.7. The first-order valence-corrected chi connectivity index (χ1v) is 10.2. The average Bonchev–Trinajstić information content (AvgIpc) is 2.77. The summed E-state index contributed by atoms with van der Waals surface area (Å²) in [6.07, 6.45) is 1.30. The van der Waals surface area contributed by atoms with E-state index in [0.717, 1.165) is 5.56 Å². The summed E-state index contributed by atoms with van der Waals surface area (Å²) < 4.78 is 0. The van der Waals surface area contributed by atoms with Crippen molar-refractivity contribution in [3.8, 4) is 0 Å². The Morgan fingerprint density at radius 3 is 1.90 bits per heavy atom. The number of hydrogen-bond donors (Lipinski definition) is 1. The summed E-state index contributed by atoms with van der Waals surface area (Å²) in [5.74, 6) is -0.256.